The van der Waals surface area contributed by atoms with E-state index in [1.165, 1.54) is 25.7 Å². The molecule has 0 unspecified atom stereocenters. The van der Waals surface area contributed by atoms with Gasteiger partial charge in [-0.15, -0.1) is 0 Å². The molecule has 1 fully saturated rings. The number of hydrogen-bond donors (Lipinski definition) is 1. The molecule has 1 rings (SSSR count). The lowest BCUT2D eigenvalue weighted by Crippen LogP contribution is -2.31. The van der Waals surface area contributed by atoms with Crippen LogP contribution in [0.4, 0.5) is 0 Å². The van der Waals surface area contributed by atoms with Crippen molar-refractivity contribution < 1.29 is 4.84 Å². The maximum atomic E-state index is 5.44. The zero-order valence-corrected chi connectivity index (χ0v) is 8.52. The second kappa shape index (κ2) is 4.24. The van der Waals surface area contributed by atoms with Crippen LogP contribution in [0.3, 0.4) is 0 Å². The van der Waals surface area contributed by atoms with E-state index in [2.05, 4.69) is 26.3 Å². The van der Waals surface area contributed by atoms with Crippen LogP contribution < -0.4 is 5.48 Å². The molecule has 0 bridgehead atoms. The molecule has 0 radical (unpaired) electrons. The number of rotatable bonds is 3. The van der Waals surface area contributed by atoms with Crippen LogP contribution in [0.15, 0.2) is 0 Å². The monoisotopic (exact) mass is 171 g/mol. The van der Waals surface area contributed by atoms with Crippen LogP contribution in [0.2, 0.25) is 0 Å². The summed E-state index contributed by atoms with van der Waals surface area (Å²) in [6.07, 6.45) is 5.56. The van der Waals surface area contributed by atoms with Gasteiger partial charge in [0.2, 0.25) is 0 Å². The number of hydroxylamine groups is 1. The van der Waals surface area contributed by atoms with E-state index >= 15 is 0 Å². The first-order valence-corrected chi connectivity index (χ1v) is 4.99. The molecule has 1 aliphatic carbocycles. The lowest BCUT2D eigenvalue weighted by Gasteiger charge is -2.20. The average molecular weight is 171 g/mol. The summed E-state index contributed by atoms with van der Waals surface area (Å²) < 4.78 is 0. The van der Waals surface area contributed by atoms with Gasteiger partial charge < -0.3 is 0 Å². The number of hydrogen-bond acceptors (Lipinski definition) is 2. The summed E-state index contributed by atoms with van der Waals surface area (Å²) in [7, 11) is 0. The summed E-state index contributed by atoms with van der Waals surface area (Å²) in [5.41, 5.74) is 3.01. The zero-order valence-electron chi connectivity index (χ0n) is 8.52. The zero-order chi connectivity index (χ0) is 9.03. The fraction of sp³-hybridized carbons (Fsp3) is 1.00. The first-order valence-electron chi connectivity index (χ1n) is 4.99. The lowest BCUT2D eigenvalue weighted by atomic mass is 10.1. The van der Waals surface area contributed by atoms with Crippen molar-refractivity contribution in [2.45, 2.75) is 52.1 Å². The molecule has 0 amide bonds. The summed E-state index contributed by atoms with van der Waals surface area (Å²) in [6.45, 7) is 7.22. The Kier molecular flexibility index (Phi) is 3.53. The highest BCUT2D eigenvalue weighted by atomic mass is 16.7. The van der Waals surface area contributed by atoms with E-state index in [1.54, 1.807) is 0 Å². The third kappa shape index (κ3) is 4.07. The second-order valence-corrected chi connectivity index (χ2v) is 4.71. The largest absolute Gasteiger partial charge is 0.296 e. The van der Waals surface area contributed by atoms with Gasteiger partial charge in [0.15, 0.2) is 0 Å². The molecule has 2 heteroatoms. The van der Waals surface area contributed by atoms with Gasteiger partial charge in [-0.1, -0.05) is 12.8 Å². The van der Waals surface area contributed by atoms with E-state index in [1.807, 2.05) is 0 Å². The molecule has 0 aliphatic heterocycles. The van der Waals surface area contributed by atoms with E-state index in [0.29, 0.717) is 0 Å². The van der Waals surface area contributed by atoms with Gasteiger partial charge in [-0.2, -0.15) is 0 Å². The Labute approximate surface area is 75.6 Å². The molecule has 0 aromatic rings. The molecule has 1 aliphatic rings. The van der Waals surface area contributed by atoms with Gasteiger partial charge >= 0.3 is 0 Å². The maximum Gasteiger partial charge on any atom is 0.0812 e. The van der Waals surface area contributed by atoms with Crippen LogP contribution in [0, 0.1) is 5.92 Å². The minimum atomic E-state index is -0.0569. The lowest BCUT2D eigenvalue weighted by molar-refractivity contribution is -0.0766. The van der Waals surface area contributed by atoms with Gasteiger partial charge in [-0.05, 0) is 39.5 Å². The molecule has 0 aromatic carbocycles. The minimum Gasteiger partial charge on any atom is -0.296 e. The van der Waals surface area contributed by atoms with Crippen LogP contribution in [-0.4, -0.2) is 12.1 Å². The highest BCUT2D eigenvalue weighted by Crippen LogP contribution is 2.23. The van der Waals surface area contributed by atoms with Gasteiger partial charge in [0, 0.05) is 6.54 Å². The van der Waals surface area contributed by atoms with Crippen molar-refractivity contribution >= 4 is 0 Å². The maximum absolute atomic E-state index is 5.44. The summed E-state index contributed by atoms with van der Waals surface area (Å²) in [4.78, 5) is 5.44. The Bertz CT molecular complexity index is 122. The van der Waals surface area contributed by atoms with Gasteiger partial charge in [0.05, 0.1) is 5.60 Å². The van der Waals surface area contributed by atoms with Crippen molar-refractivity contribution in [3.05, 3.63) is 0 Å². The van der Waals surface area contributed by atoms with E-state index in [9.17, 15) is 0 Å². The Hall–Kier alpha value is -0.0800. The van der Waals surface area contributed by atoms with Crippen molar-refractivity contribution in [2.75, 3.05) is 6.54 Å². The average Bonchev–Trinajstić information content (AvgIpc) is 2.36. The minimum absolute atomic E-state index is 0.0569. The molecule has 1 saturated carbocycles. The topological polar surface area (TPSA) is 21.3 Å². The molecule has 72 valence electrons. The third-order valence-electron chi connectivity index (χ3n) is 2.23. The van der Waals surface area contributed by atoms with Gasteiger partial charge in [-0.25, -0.2) is 5.48 Å². The van der Waals surface area contributed by atoms with Crippen LogP contribution in [-0.2, 0) is 4.84 Å². The summed E-state index contributed by atoms with van der Waals surface area (Å²) in [5, 5.41) is 0. The van der Waals surface area contributed by atoms with Crippen LogP contribution in [0.1, 0.15) is 46.5 Å². The van der Waals surface area contributed by atoms with Crippen LogP contribution in [0.5, 0.6) is 0 Å². The van der Waals surface area contributed by atoms with Crippen LogP contribution >= 0.6 is 0 Å². The highest BCUT2D eigenvalue weighted by molar-refractivity contribution is 4.68. The standard InChI is InChI=1S/C10H21NO/c1-10(2,3)12-11-8-9-6-4-5-7-9/h9,11H,4-8H2,1-3H3. The predicted octanol–water partition coefficient (Wildman–Crippen LogP) is 2.50. The SMILES string of the molecule is CC(C)(C)ONCC1CCCC1. The van der Waals surface area contributed by atoms with Crippen molar-refractivity contribution in [1.82, 2.24) is 5.48 Å². The normalized spacial score (nSPS) is 20.2. The molecule has 0 saturated heterocycles. The van der Waals surface area contributed by atoms with Crippen molar-refractivity contribution in [3.63, 3.8) is 0 Å². The van der Waals surface area contributed by atoms with Crippen molar-refractivity contribution in [2.24, 2.45) is 5.92 Å². The first-order chi connectivity index (χ1) is 5.58. The molecule has 0 aromatic heterocycles. The molecule has 0 atom stereocenters. The summed E-state index contributed by atoms with van der Waals surface area (Å²) in [5.74, 6) is 0.854. The first kappa shape index (κ1) is 10.0. The Morgan fingerprint density at radius 1 is 1.25 bits per heavy atom. The predicted molar refractivity (Wildman–Crippen MR) is 50.8 cm³/mol. The van der Waals surface area contributed by atoms with Crippen molar-refractivity contribution in [1.29, 1.82) is 0 Å². The fourth-order valence-corrected chi connectivity index (χ4v) is 1.59. The molecule has 2 nitrogen and oxygen atoms in total. The molecule has 0 spiro atoms. The van der Waals surface area contributed by atoms with Crippen LogP contribution in [0.25, 0.3) is 0 Å². The van der Waals surface area contributed by atoms with E-state index < -0.39 is 0 Å². The smallest absolute Gasteiger partial charge is 0.0812 e. The van der Waals surface area contributed by atoms with Crippen molar-refractivity contribution in [3.8, 4) is 0 Å². The van der Waals surface area contributed by atoms with Gasteiger partial charge in [0.25, 0.3) is 0 Å². The Morgan fingerprint density at radius 2 is 1.83 bits per heavy atom. The quantitative estimate of drug-likeness (QED) is 0.659. The molecular weight excluding hydrogens is 150 g/mol. The van der Waals surface area contributed by atoms with Gasteiger partial charge in [-0.3, -0.25) is 4.84 Å². The third-order valence-corrected chi connectivity index (χ3v) is 2.23. The summed E-state index contributed by atoms with van der Waals surface area (Å²) >= 11 is 0. The summed E-state index contributed by atoms with van der Waals surface area (Å²) in [6, 6.07) is 0. The number of nitrogens with one attached hydrogen (secondary N) is 1. The Morgan fingerprint density at radius 3 is 2.33 bits per heavy atom. The fourth-order valence-electron chi connectivity index (χ4n) is 1.59. The Balaban J connectivity index is 2.02. The van der Waals surface area contributed by atoms with E-state index in [0.717, 1.165) is 12.5 Å². The molecule has 0 heterocycles. The molecular formula is C10H21NO. The second-order valence-electron chi connectivity index (χ2n) is 4.71. The van der Waals surface area contributed by atoms with E-state index in [4.69, 9.17) is 4.84 Å². The van der Waals surface area contributed by atoms with E-state index in [-0.39, 0.29) is 5.60 Å². The molecule has 12 heavy (non-hydrogen) atoms. The van der Waals surface area contributed by atoms with Gasteiger partial charge in [0.1, 0.15) is 0 Å². The highest BCUT2D eigenvalue weighted by Gasteiger charge is 2.16. The molecule has 1 N–H and O–H groups in total.